The van der Waals surface area contributed by atoms with Gasteiger partial charge in [-0.3, -0.25) is 29.4 Å². The van der Waals surface area contributed by atoms with Gasteiger partial charge in [-0.2, -0.15) is 0 Å². The first-order chi connectivity index (χ1) is 12.5. The number of hydrogen-bond donors (Lipinski definition) is 2. The Morgan fingerprint density at radius 2 is 2.12 bits per heavy atom. The van der Waals surface area contributed by atoms with E-state index in [9.17, 15) is 14.4 Å². The van der Waals surface area contributed by atoms with E-state index in [-0.39, 0.29) is 18.0 Å². The summed E-state index contributed by atoms with van der Waals surface area (Å²) in [4.78, 5) is 36.4. The molecule has 8 nitrogen and oxygen atoms in total. The molecule has 1 atom stereocenters. The van der Waals surface area contributed by atoms with Crippen molar-refractivity contribution in [2.24, 2.45) is 7.05 Å². The molecule has 0 bridgehead atoms. The third kappa shape index (κ3) is 3.37. The minimum Gasteiger partial charge on any atom is -0.476 e. The van der Waals surface area contributed by atoms with Gasteiger partial charge in [0.2, 0.25) is 11.8 Å². The molecule has 1 fully saturated rings. The summed E-state index contributed by atoms with van der Waals surface area (Å²) in [5.74, 6) is -0.165. The molecule has 0 spiro atoms. The normalized spacial score (nSPS) is 17.5. The van der Waals surface area contributed by atoms with Crippen LogP contribution in [0.15, 0.2) is 23.0 Å². The maximum Gasteiger partial charge on any atom is 0.329 e. The van der Waals surface area contributed by atoms with Crippen LogP contribution in [0, 0.1) is 0 Å². The standard InChI is InChI=1S/C18H24N4O4/c1-3-4-10-19-11-26-14-7-5-6-12-16(14)21(2)18(25)22(12)13-8-9-15(23)20-17(13)24/h5-7,13,19H,3-4,8-11H2,1-2H3,(H,20,23,24). The first kappa shape index (κ1) is 18.2. The van der Waals surface area contributed by atoms with Crippen molar-refractivity contribution in [2.45, 2.75) is 38.6 Å². The van der Waals surface area contributed by atoms with Crippen molar-refractivity contribution in [1.82, 2.24) is 19.8 Å². The fourth-order valence-corrected chi connectivity index (χ4v) is 3.25. The molecule has 0 aliphatic carbocycles. The van der Waals surface area contributed by atoms with Crippen molar-refractivity contribution in [3.63, 3.8) is 0 Å². The highest BCUT2D eigenvalue weighted by atomic mass is 16.5. The largest absolute Gasteiger partial charge is 0.476 e. The second kappa shape index (κ2) is 7.74. The zero-order chi connectivity index (χ0) is 18.7. The van der Waals surface area contributed by atoms with Gasteiger partial charge in [-0.1, -0.05) is 19.4 Å². The molecule has 8 heteroatoms. The molecule has 1 aliphatic heterocycles. The zero-order valence-electron chi connectivity index (χ0n) is 15.1. The summed E-state index contributed by atoms with van der Waals surface area (Å²) < 4.78 is 8.75. The summed E-state index contributed by atoms with van der Waals surface area (Å²) in [6, 6.07) is 4.70. The van der Waals surface area contributed by atoms with Crippen LogP contribution in [0.2, 0.25) is 0 Å². The molecule has 2 amide bonds. The van der Waals surface area contributed by atoms with Crippen LogP contribution in [0.5, 0.6) is 5.75 Å². The molecular formula is C18H24N4O4. The van der Waals surface area contributed by atoms with Crippen LogP contribution in [-0.2, 0) is 16.6 Å². The third-order valence-corrected chi connectivity index (χ3v) is 4.62. The number of hydrogen-bond acceptors (Lipinski definition) is 5. The monoisotopic (exact) mass is 360 g/mol. The second-order valence-electron chi connectivity index (χ2n) is 6.44. The number of unbranched alkanes of at least 4 members (excludes halogenated alkanes) is 1. The molecule has 1 aromatic heterocycles. The molecule has 1 saturated heterocycles. The van der Waals surface area contributed by atoms with E-state index in [2.05, 4.69) is 17.6 Å². The number of rotatable bonds is 7. The lowest BCUT2D eigenvalue weighted by molar-refractivity contribution is -0.135. The summed E-state index contributed by atoms with van der Waals surface area (Å²) in [6.07, 6.45) is 2.70. The van der Waals surface area contributed by atoms with Crippen LogP contribution in [0.4, 0.5) is 0 Å². The summed E-state index contributed by atoms with van der Waals surface area (Å²) in [5, 5.41) is 5.51. The predicted octanol–water partition coefficient (Wildman–Crippen LogP) is 1.04. The molecular weight excluding hydrogens is 336 g/mol. The number of fused-ring (bicyclic) bond motifs is 1. The maximum absolute atomic E-state index is 12.8. The minimum atomic E-state index is -0.693. The van der Waals surface area contributed by atoms with Gasteiger partial charge in [-0.05, 0) is 31.5 Å². The Kier molecular flexibility index (Phi) is 5.41. The van der Waals surface area contributed by atoms with Gasteiger partial charge in [0.1, 0.15) is 24.0 Å². The summed E-state index contributed by atoms with van der Waals surface area (Å²) >= 11 is 0. The first-order valence-corrected chi connectivity index (χ1v) is 8.91. The minimum absolute atomic E-state index is 0.219. The van der Waals surface area contributed by atoms with E-state index in [1.807, 2.05) is 0 Å². The number of nitrogens with zero attached hydrogens (tertiary/aromatic N) is 2. The van der Waals surface area contributed by atoms with Crippen LogP contribution in [0.25, 0.3) is 11.0 Å². The van der Waals surface area contributed by atoms with Gasteiger partial charge in [0.05, 0.1) is 5.52 Å². The predicted molar refractivity (Wildman–Crippen MR) is 97.0 cm³/mol. The van der Waals surface area contributed by atoms with Crippen molar-refractivity contribution in [3.05, 3.63) is 28.7 Å². The lowest BCUT2D eigenvalue weighted by atomic mass is 10.1. The molecule has 3 rings (SSSR count). The number of imidazole rings is 1. The number of aryl methyl sites for hydroxylation is 1. The molecule has 1 aliphatic rings. The van der Waals surface area contributed by atoms with Crippen LogP contribution in [0.3, 0.4) is 0 Å². The smallest absolute Gasteiger partial charge is 0.329 e. The quantitative estimate of drug-likeness (QED) is 0.437. The molecule has 1 unspecified atom stereocenters. The van der Waals surface area contributed by atoms with E-state index < -0.39 is 11.9 Å². The molecule has 0 saturated carbocycles. The number of carbonyl (C=O) groups excluding carboxylic acids is 2. The number of aromatic nitrogens is 2. The molecule has 1 aromatic carbocycles. The van der Waals surface area contributed by atoms with Gasteiger partial charge in [0.25, 0.3) is 0 Å². The van der Waals surface area contributed by atoms with Crippen LogP contribution in [0.1, 0.15) is 38.6 Å². The lowest BCUT2D eigenvalue weighted by Gasteiger charge is -2.21. The van der Waals surface area contributed by atoms with E-state index in [1.165, 1.54) is 9.13 Å². The number of nitrogens with one attached hydrogen (secondary N) is 2. The zero-order valence-corrected chi connectivity index (χ0v) is 15.1. The van der Waals surface area contributed by atoms with Crippen LogP contribution in [-0.4, -0.2) is 34.2 Å². The highest BCUT2D eigenvalue weighted by Crippen LogP contribution is 2.28. The lowest BCUT2D eigenvalue weighted by Crippen LogP contribution is -2.44. The maximum atomic E-state index is 12.8. The van der Waals surface area contributed by atoms with E-state index in [0.717, 1.165) is 19.4 Å². The third-order valence-electron chi connectivity index (χ3n) is 4.62. The fraction of sp³-hybridized carbons (Fsp3) is 0.500. The van der Waals surface area contributed by atoms with Gasteiger partial charge < -0.3 is 4.74 Å². The Labute approximate surface area is 151 Å². The number of ether oxygens (including phenoxy) is 1. The molecule has 26 heavy (non-hydrogen) atoms. The number of imide groups is 1. The summed E-state index contributed by atoms with van der Waals surface area (Å²) in [6.45, 7) is 3.33. The average molecular weight is 360 g/mol. The Hall–Kier alpha value is -2.61. The first-order valence-electron chi connectivity index (χ1n) is 8.91. The number of amides is 2. The topological polar surface area (TPSA) is 94.4 Å². The van der Waals surface area contributed by atoms with E-state index in [1.54, 1.807) is 25.2 Å². The molecule has 0 radical (unpaired) electrons. The van der Waals surface area contributed by atoms with Crippen molar-refractivity contribution < 1.29 is 14.3 Å². The van der Waals surface area contributed by atoms with Crippen molar-refractivity contribution in [2.75, 3.05) is 13.3 Å². The van der Waals surface area contributed by atoms with E-state index in [0.29, 0.717) is 29.9 Å². The Morgan fingerprint density at radius 3 is 2.85 bits per heavy atom. The fourth-order valence-electron chi connectivity index (χ4n) is 3.25. The molecule has 2 aromatic rings. The van der Waals surface area contributed by atoms with Gasteiger partial charge in [0, 0.05) is 13.5 Å². The highest BCUT2D eigenvalue weighted by molar-refractivity contribution is 6.00. The van der Waals surface area contributed by atoms with Crippen LogP contribution >= 0.6 is 0 Å². The number of para-hydroxylation sites is 1. The molecule has 2 N–H and O–H groups in total. The van der Waals surface area contributed by atoms with E-state index in [4.69, 9.17) is 4.74 Å². The van der Waals surface area contributed by atoms with Gasteiger partial charge in [-0.25, -0.2) is 4.79 Å². The molecule has 2 heterocycles. The highest BCUT2D eigenvalue weighted by Gasteiger charge is 2.31. The van der Waals surface area contributed by atoms with Gasteiger partial charge in [-0.15, -0.1) is 0 Å². The number of carbonyl (C=O) groups is 2. The average Bonchev–Trinajstić information content (AvgIpc) is 2.87. The summed E-state index contributed by atoms with van der Waals surface area (Å²) in [7, 11) is 1.66. The SMILES string of the molecule is CCCCNCOc1cccc2c1n(C)c(=O)n2C1CCC(=O)NC1=O. The van der Waals surface area contributed by atoms with Crippen molar-refractivity contribution in [3.8, 4) is 5.75 Å². The second-order valence-corrected chi connectivity index (χ2v) is 6.44. The summed E-state index contributed by atoms with van der Waals surface area (Å²) in [5.41, 5.74) is 0.960. The number of piperidine rings is 1. The Balaban J connectivity index is 1.93. The van der Waals surface area contributed by atoms with E-state index >= 15 is 0 Å². The van der Waals surface area contributed by atoms with Crippen molar-refractivity contribution >= 4 is 22.8 Å². The van der Waals surface area contributed by atoms with Gasteiger partial charge in [0.15, 0.2) is 0 Å². The van der Waals surface area contributed by atoms with Crippen LogP contribution < -0.4 is 21.1 Å². The Morgan fingerprint density at radius 1 is 1.31 bits per heavy atom. The number of benzene rings is 1. The Bertz CT molecular complexity index is 883. The molecule has 140 valence electrons. The van der Waals surface area contributed by atoms with Crippen molar-refractivity contribution in [1.29, 1.82) is 0 Å². The van der Waals surface area contributed by atoms with Gasteiger partial charge >= 0.3 is 5.69 Å².